The maximum atomic E-state index is 13.7. The number of pyridine rings is 1. The largest absolute Gasteiger partial charge is 0.497 e. The number of anilines is 1. The van der Waals surface area contributed by atoms with Crippen molar-refractivity contribution in [3.63, 3.8) is 0 Å². The van der Waals surface area contributed by atoms with Gasteiger partial charge in [0.15, 0.2) is 5.78 Å². The predicted octanol–water partition coefficient (Wildman–Crippen LogP) is 4.89. The lowest BCUT2D eigenvalue weighted by Crippen LogP contribution is -2.27. The molecule has 0 aliphatic carbocycles. The van der Waals surface area contributed by atoms with Crippen LogP contribution in [0.1, 0.15) is 5.56 Å². The number of methoxy groups -OCH3 is 1. The smallest absolute Gasteiger partial charge is 0.263 e. The summed E-state index contributed by atoms with van der Waals surface area (Å²) in [6.45, 7) is 0.0391. The van der Waals surface area contributed by atoms with Crippen LogP contribution in [-0.2, 0) is 18.3 Å². The molecule has 0 bridgehead atoms. The average Bonchev–Trinajstić information content (AvgIpc) is 2.94. The van der Waals surface area contributed by atoms with E-state index in [0.29, 0.717) is 17.2 Å². The number of hydrogen-bond acceptors (Lipinski definition) is 6. The molecule has 1 N–H and O–H groups in total. The minimum absolute atomic E-state index is 0.0246. The van der Waals surface area contributed by atoms with Gasteiger partial charge in [0.25, 0.3) is 5.56 Å². The Balaban J connectivity index is 1.49. The molecule has 0 saturated heterocycles. The van der Waals surface area contributed by atoms with Crippen molar-refractivity contribution in [3.8, 4) is 28.1 Å². The summed E-state index contributed by atoms with van der Waals surface area (Å²) in [4.78, 5) is 35.3. The second-order valence-electron chi connectivity index (χ2n) is 8.74. The first kappa shape index (κ1) is 23.9. The van der Waals surface area contributed by atoms with Crippen LogP contribution in [0.5, 0.6) is 5.75 Å². The van der Waals surface area contributed by atoms with Gasteiger partial charge in [-0.3, -0.25) is 19.1 Å². The van der Waals surface area contributed by atoms with Crippen LogP contribution in [0, 0.1) is 0 Å². The van der Waals surface area contributed by atoms with E-state index in [2.05, 4.69) is 10.3 Å². The third-order valence-electron chi connectivity index (χ3n) is 6.29. The maximum Gasteiger partial charge on any atom is 0.263 e. The van der Waals surface area contributed by atoms with E-state index in [4.69, 9.17) is 9.72 Å². The Morgan fingerprint density at radius 3 is 2.38 bits per heavy atom. The summed E-state index contributed by atoms with van der Waals surface area (Å²) in [5, 5.41) is 5.21. The minimum atomic E-state index is -0.206. The van der Waals surface area contributed by atoms with Gasteiger partial charge < -0.3 is 10.1 Å². The molecular formula is C30H26N4O3. The number of ketones is 1. The lowest BCUT2D eigenvalue weighted by Gasteiger charge is -2.16. The van der Waals surface area contributed by atoms with E-state index in [1.807, 2.05) is 78.9 Å². The molecule has 0 unspecified atom stereocenters. The second kappa shape index (κ2) is 10.5. The zero-order valence-electron chi connectivity index (χ0n) is 20.6. The molecule has 7 heteroatoms. The molecule has 2 aromatic heterocycles. The Kier molecular flexibility index (Phi) is 6.76. The summed E-state index contributed by atoms with van der Waals surface area (Å²) in [6.07, 6.45) is 3.60. The highest BCUT2D eigenvalue weighted by atomic mass is 16.5. The number of carbonyl (C=O) groups excluding carboxylic acids is 1. The molecule has 5 aromatic rings. The summed E-state index contributed by atoms with van der Waals surface area (Å²) in [5.74, 6) is 1.04. The van der Waals surface area contributed by atoms with Crippen LogP contribution >= 0.6 is 0 Å². The van der Waals surface area contributed by atoms with E-state index in [9.17, 15) is 9.59 Å². The molecule has 3 aromatic carbocycles. The van der Waals surface area contributed by atoms with Gasteiger partial charge in [-0.1, -0.05) is 48.5 Å². The van der Waals surface area contributed by atoms with Crippen LogP contribution in [0.25, 0.3) is 33.2 Å². The van der Waals surface area contributed by atoms with Crippen LogP contribution < -0.4 is 15.6 Å². The Bertz CT molecular complexity index is 1630. The van der Waals surface area contributed by atoms with E-state index in [0.717, 1.165) is 33.2 Å². The molecule has 0 spiro atoms. The fourth-order valence-electron chi connectivity index (χ4n) is 4.29. The van der Waals surface area contributed by atoms with Gasteiger partial charge in [-0.05, 0) is 52.2 Å². The van der Waals surface area contributed by atoms with Gasteiger partial charge >= 0.3 is 0 Å². The van der Waals surface area contributed by atoms with Crippen molar-refractivity contribution in [2.45, 2.75) is 6.42 Å². The number of rotatable bonds is 8. The molecule has 0 saturated carbocycles. The third-order valence-corrected chi connectivity index (χ3v) is 6.29. The SMILES string of the molecule is COc1ccc(CC(=O)CNc2nc(-c3ccncc3)c(-c3ccc4ccccc4c3)c(=O)n2C)cc1. The number of carbonyl (C=O) groups is 1. The van der Waals surface area contributed by atoms with Gasteiger partial charge in [0, 0.05) is 31.4 Å². The number of aromatic nitrogens is 3. The van der Waals surface area contributed by atoms with Gasteiger partial charge in [0.05, 0.1) is 24.9 Å². The van der Waals surface area contributed by atoms with Crippen LogP contribution in [0.15, 0.2) is 96.1 Å². The van der Waals surface area contributed by atoms with E-state index < -0.39 is 0 Å². The zero-order chi connectivity index (χ0) is 25.8. The molecule has 0 aliphatic rings. The molecule has 7 nitrogen and oxygen atoms in total. The fourth-order valence-corrected chi connectivity index (χ4v) is 4.29. The maximum absolute atomic E-state index is 13.7. The number of nitrogens with zero attached hydrogens (tertiary/aromatic N) is 3. The summed E-state index contributed by atoms with van der Waals surface area (Å²) >= 11 is 0. The van der Waals surface area contributed by atoms with Crippen molar-refractivity contribution in [2.24, 2.45) is 7.05 Å². The molecule has 0 aliphatic heterocycles. The lowest BCUT2D eigenvalue weighted by atomic mass is 9.98. The van der Waals surface area contributed by atoms with Gasteiger partial charge in [0.1, 0.15) is 5.75 Å². The van der Waals surface area contributed by atoms with E-state index in [1.165, 1.54) is 4.57 Å². The van der Waals surface area contributed by atoms with Crippen molar-refractivity contribution in [1.82, 2.24) is 14.5 Å². The molecule has 0 atom stereocenters. The van der Waals surface area contributed by atoms with Gasteiger partial charge in [-0.2, -0.15) is 0 Å². The summed E-state index contributed by atoms with van der Waals surface area (Å²) in [7, 11) is 3.26. The van der Waals surface area contributed by atoms with Crippen molar-refractivity contribution < 1.29 is 9.53 Å². The third kappa shape index (κ3) is 5.11. The molecule has 0 radical (unpaired) electrons. The molecule has 2 heterocycles. The molecule has 184 valence electrons. The van der Waals surface area contributed by atoms with Crippen LogP contribution in [0.4, 0.5) is 5.95 Å². The van der Waals surface area contributed by atoms with Crippen molar-refractivity contribution >= 4 is 22.5 Å². The molecular weight excluding hydrogens is 464 g/mol. The Labute approximate surface area is 214 Å². The number of nitrogens with one attached hydrogen (secondary N) is 1. The number of ether oxygens (including phenoxy) is 1. The molecule has 5 rings (SSSR count). The topological polar surface area (TPSA) is 86.1 Å². The monoisotopic (exact) mass is 490 g/mol. The Morgan fingerprint density at radius 1 is 0.919 bits per heavy atom. The van der Waals surface area contributed by atoms with Gasteiger partial charge in [0.2, 0.25) is 5.95 Å². The quantitative estimate of drug-likeness (QED) is 0.333. The normalized spacial score (nSPS) is 10.9. The van der Waals surface area contributed by atoms with Crippen LogP contribution in [-0.4, -0.2) is 34.0 Å². The number of fused-ring (bicyclic) bond motifs is 1. The highest BCUT2D eigenvalue weighted by molar-refractivity contribution is 5.90. The highest BCUT2D eigenvalue weighted by Crippen LogP contribution is 2.30. The first-order valence-corrected chi connectivity index (χ1v) is 11.9. The Morgan fingerprint density at radius 2 is 1.65 bits per heavy atom. The van der Waals surface area contributed by atoms with E-state index >= 15 is 0 Å². The first-order valence-electron chi connectivity index (χ1n) is 11.9. The summed E-state index contributed by atoms with van der Waals surface area (Å²) in [6, 6.07) is 25.0. The predicted molar refractivity (Wildman–Crippen MR) is 146 cm³/mol. The van der Waals surface area contributed by atoms with Crippen molar-refractivity contribution in [3.05, 3.63) is 107 Å². The van der Waals surface area contributed by atoms with Crippen LogP contribution in [0.2, 0.25) is 0 Å². The summed E-state index contributed by atoms with van der Waals surface area (Å²) < 4.78 is 6.63. The van der Waals surface area contributed by atoms with Crippen molar-refractivity contribution in [1.29, 1.82) is 0 Å². The molecule has 37 heavy (non-hydrogen) atoms. The van der Waals surface area contributed by atoms with Crippen molar-refractivity contribution in [2.75, 3.05) is 19.0 Å². The standard InChI is InChI=1S/C30H26N4O3/c1-34-29(36)27(24-10-9-21-5-3-4-6-23(21)18-24)28(22-13-15-31-16-14-22)33-30(34)32-19-25(35)17-20-7-11-26(37-2)12-8-20/h3-16,18H,17,19H2,1-2H3,(H,32,33). The summed E-state index contributed by atoms with van der Waals surface area (Å²) in [5.41, 5.74) is 3.26. The first-order chi connectivity index (χ1) is 18.0. The number of hydrogen-bond donors (Lipinski definition) is 1. The lowest BCUT2D eigenvalue weighted by molar-refractivity contribution is -0.116. The number of benzene rings is 3. The number of Topliss-reactive ketones (excluding diaryl/α,β-unsaturated/α-hetero) is 1. The van der Waals surface area contributed by atoms with Gasteiger partial charge in [-0.25, -0.2) is 4.98 Å². The second-order valence-corrected chi connectivity index (χ2v) is 8.74. The molecule has 0 fully saturated rings. The van der Waals surface area contributed by atoms with Crippen LogP contribution in [0.3, 0.4) is 0 Å². The molecule has 0 amide bonds. The average molecular weight is 491 g/mol. The zero-order valence-corrected chi connectivity index (χ0v) is 20.6. The van der Waals surface area contributed by atoms with Gasteiger partial charge in [-0.15, -0.1) is 0 Å². The minimum Gasteiger partial charge on any atom is -0.497 e. The highest BCUT2D eigenvalue weighted by Gasteiger charge is 2.19. The van der Waals surface area contributed by atoms with E-state index in [1.54, 1.807) is 26.6 Å². The van der Waals surface area contributed by atoms with E-state index in [-0.39, 0.29) is 24.3 Å². The fraction of sp³-hybridized carbons (Fsp3) is 0.133. The Hall–Kier alpha value is -4.78.